The first-order valence-corrected chi connectivity index (χ1v) is 7.54. The van der Waals surface area contributed by atoms with Gasteiger partial charge < -0.3 is 10.2 Å². The number of halogens is 1. The van der Waals surface area contributed by atoms with Gasteiger partial charge in [-0.1, -0.05) is 30.7 Å². The van der Waals surface area contributed by atoms with Crippen molar-refractivity contribution in [3.8, 4) is 0 Å². The number of rotatable bonds is 8. The van der Waals surface area contributed by atoms with Crippen molar-refractivity contribution < 1.29 is 0 Å². The topological polar surface area (TPSA) is 15.3 Å². The molecule has 1 N–H and O–H groups in total. The third kappa shape index (κ3) is 6.42. The third-order valence-corrected chi connectivity index (χ3v) is 3.63. The average molecular weight is 283 g/mol. The molecule has 0 heterocycles. The molecule has 2 nitrogen and oxygen atoms in total. The summed E-state index contributed by atoms with van der Waals surface area (Å²) < 4.78 is 0. The Hall–Kier alpha value is -0.570. The average Bonchev–Trinajstić information content (AvgIpc) is 2.35. The van der Waals surface area contributed by atoms with Crippen LogP contribution in [0.2, 0.25) is 5.02 Å². The Kier molecular flexibility index (Phi) is 7.44. The summed E-state index contributed by atoms with van der Waals surface area (Å²) in [5.74, 6) is 0. The standard InChI is InChI=1S/C16H27ClN2/c1-5-9-18-15(8-10-19(3)4)12-14-7-6-13(2)11-16(14)17/h6-7,11,15,18H,5,8-10,12H2,1-4H3. The van der Waals surface area contributed by atoms with Crippen LogP contribution in [0, 0.1) is 6.92 Å². The van der Waals surface area contributed by atoms with Crippen LogP contribution in [-0.2, 0) is 6.42 Å². The molecular weight excluding hydrogens is 256 g/mol. The van der Waals surface area contributed by atoms with E-state index in [1.54, 1.807) is 0 Å². The van der Waals surface area contributed by atoms with Crippen LogP contribution in [0.3, 0.4) is 0 Å². The molecule has 1 aromatic carbocycles. The molecule has 0 radical (unpaired) electrons. The van der Waals surface area contributed by atoms with Crippen LogP contribution >= 0.6 is 11.6 Å². The van der Waals surface area contributed by atoms with Crippen molar-refractivity contribution in [1.82, 2.24) is 10.2 Å². The van der Waals surface area contributed by atoms with Crippen LogP contribution in [0.25, 0.3) is 0 Å². The second-order valence-corrected chi connectivity index (χ2v) is 5.95. The van der Waals surface area contributed by atoms with E-state index in [2.05, 4.69) is 56.4 Å². The summed E-state index contributed by atoms with van der Waals surface area (Å²) in [7, 11) is 4.24. The van der Waals surface area contributed by atoms with E-state index in [9.17, 15) is 0 Å². The number of hydrogen-bond acceptors (Lipinski definition) is 2. The quantitative estimate of drug-likeness (QED) is 0.785. The minimum absolute atomic E-state index is 0.502. The molecule has 108 valence electrons. The number of hydrogen-bond donors (Lipinski definition) is 1. The zero-order valence-corrected chi connectivity index (χ0v) is 13.4. The summed E-state index contributed by atoms with van der Waals surface area (Å²) in [5.41, 5.74) is 2.47. The van der Waals surface area contributed by atoms with Gasteiger partial charge in [-0.15, -0.1) is 0 Å². The third-order valence-electron chi connectivity index (χ3n) is 3.28. The Balaban J connectivity index is 2.63. The summed E-state index contributed by atoms with van der Waals surface area (Å²) in [5, 5.41) is 4.53. The van der Waals surface area contributed by atoms with Crippen molar-refractivity contribution >= 4 is 11.6 Å². The molecule has 1 rings (SSSR count). The SMILES string of the molecule is CCCNC(CCN(C)C)Cc1ccc(C)cc1Cl. The molecule has 1 atom stereocenters. The largest absolute Gasteiger partial charge is 0.314 e. The van der Waals surface area contributed by atoms with Gasteiger partial charge in [0.15, 0.2) is 0 Å². The Labute approximate surface area is 123 Å². The van der Waals surface area contributed by atoms with E-state index in [0.717, 1.165) is 31.0 Å². The van der Waals surface area contributed by atoms with Crippen LogP contribution < -0.4 is 5.32 Å². The minimum Gasteiger partial charge on any atom is -0.314 e. The first kappa shape index (κ1) is 16.5. The van der Waals surface area contributed by atoms with Crippen LogP contribution in [0.4, 0.5) is 0 Å². The number of nitrogens with one attached hydrogen (secondary N) is 1. The zero-order chi connectivity index (χ0) is 14.3. The molecule has 0 saturated heterocycles. The predicted molar refractivity (Wildman–Crippen MR) is 85.1 cm³/mol. The number of benzene rings is 1. The molecule has 0 bridgehead atoms. The van der Waals surface area contributed by atoms with Crippen molar-refractivity contribution in [3.63, 3.8) is 0 Å². The molecule has 0 spiro atoms. The molecule has 0 aliphatic rings. The van der Waals surface area contributed by atoms with Gasteiger partial charge in [-0.05, 0) is 70.6 Å². The highest BCUT2D eigenvalue weighted by atomic mass is 35.5. The second kappa shape index (κ2) is 8.57. The van der Waals surface area contributed by atoms with Gasteiger partial charge in [0, 0.05) is 11.1 Å². The lowest BCUT2D eigenvalue weighted by atomic mass is 10.0. The molecule has 0 amide bonds. The molecule has 1 unspecified atom stereocenters. The van der Waals surface area contributed by atoms with Crippen molar-refractivity contribution in [3.05, 3.63) is 34.3 Å². The highest BCUT2D eigenvalue weighted by Gasteiger charge is 2.11. The molecule has 0 aromatic heterocycles. The summed E-state index contributed by atoms with van der Waals surface area (Å²) in [6.07, 6.45) is 3.32. The smallest absolute Gasteiger partial charge is 0.0441 e. The van der Waals surface area contributed by atoms with Gasteiger partial charge >= 0.3 is 0 Å². The second-order valence-electron chi connectivity index (χ2n) is 5.54. The van der Waals surface area contributed by atoms with Gasteiger partial charge in [-0.2, -0.15) is 0 Å². The number of aryl methyl sites for hydroxylation is 1. The van der Waals surface area contributed by atoms with Gasteiger partial charge in [0.1, 0.15) is 0 Å². The van der Waals surface area contributed by atoms with E-state index in [1.165, 1.54) is 17.5 Å². The van der Waals surface area contributed by atoms with E-state index in [4.69, 9.17) is 11.6 Å². The predicted octanol–water partition coefficient (Wildman–Crippen LogP) is 3.51. The maximum atomic E-state index is 6.33. The summed E-state index contributed by atoms with van der Waals surface area (Å²) in [6.45, 7) is 6.45. The molecule has 1 aromatic rings. The fraction of sp³-hybridized carbons (Fsp3) is 0.625. The minimum atomic E-state index is 0.502. The maximum absolute atomic E-state index is 6.33. The van der Waals surface area contributed by atoms with E-state index in [1.807, 2.05) is 0 Å². The van der Waals surface area contributed by atoms with Crippen LogP contribution in [0.15, 0.2) is 18.2 Å². The van der Waals surface area contributed by atoms with Gasteiger partial charge in [0.25, 0.3) is 0 Å². The van der Waals surface area contributed by atoms with E-state index < -0.39 is 0 Å². The Morgan fingerprint density at radius 2 is 2.05 bits per heavy atom. The van der Waals surface area contributed by atoms with Crippen LogP contribution in [0.1, 0.15) is 30.9 Å². The Bertz CT molecular complexity index is 377. The molecule has 0 saturated carbocycles. The first-order valence-electron chi connectivity index (χ1n) is 7.16. The van der Waals surface area contributed by atoms with Crippen LogP contribution in [-0.4, -0.2) is 38.1 Å². The zero-order valence-electron chi connectivity index (χ0n) is 12.7. The summed E-state index contributed by atoms with van der Waals surface area (Å²) in [4.78, 5) is 2.23. The fourth-order valence-electron chi connectivity index (χ4n) is 2.12. The lowest BCUT2D eigenvalue weighted by molar-refractivity contribution is 0.356. The maximum Gasteiger partial charge on any atom is 0.0441 e. The first-order chi connectivity index (χ1) is 9.02. The molecule has 0 aliphatic carbocycles. The van der Waals surface area contributed by atoms with Gasteiger partial charge in [0.05, 0.1) is 0 Å². The fourth-order valence-corrected chi connectivity index (χ4v) is 2.43. The lowest BCUT2D eigenvalue weighted by Crippen LogP contribution is -2.34. The van der Waals surface area contributed by atoms with Crippen molar-refractivity contribution in [2.75, 3.05) is 27.2 Å². The van der Waals surface area contributed by atoms with Crippen molar-refractivity contribution in [2.45, 2.75) is 39.2 Å². The number of nitrogens with zero attached hydrogens (tertiary/aromatic N) is 1. The molecule has 0 fully saturated rings. The molecule has 0 aliphatic heterocycles. The Morgan fingerprint density at radius 3 is 2.63 bits per heavy atom. The van der Waals surface area contributed by atoms with E-state index >= 15 is 0 Å². The van der Waals surface area contributed by atoms with Crippen LogP contribution in [0.5, 0.6) is 0 Å². The summed E-state index contributed by atoms with van der Waals surface area (Å²) >= 11 is 6.33. The molecular formula is C16H27ClN2. The van der Waals surface area contributed by atoms with E-state index in [0.29, 0.717) is 6.04 Å². The highest BCUT2D eigenvalue weighted by molar-refractivity contribution is 6.31. The normalized spacial score (nSPS) is 12.9. The summed E-state index contributed by atoms with van der Waals surface area (Å²) in [6, 6.07) is 6.86. The van der Waals surface area contributed by atoms with E-state index in [-0.39, 0.29) is 0 Å². The van der Waals surface area contributed by atoms with Crippen molar-refractivity contribution in [2.24, 2.45) is 0 Å². The molecule has 19 heavy (non-hydrogen) atoms. The molecule has 3 heteroatoms. The van der Waals surface area contributed by atoms with Gasteiger partial charge in [-0.3, -0.25) is 0 Å². The highest BCUT2D eigenvalue weighted by Crippen LogP contribution is 2.19. The van der Waals surface area contributed by atoms with Crippen molar-refractivity contribution in [1.29, 1.82) is 0 Å². The van der Waals surface area contributed by atoms with Gasteiger partial charge in [-0.25, -0.2) is 0 Å². The lowest BCUT2D eigenvalue weighted by Gasteiger charge is -2.21. The van der Waals surface area contributed by atoms with Gasteiger partial charge in [0.2, 0.25) is 0 Å². The Morgan fingerprint density at radius 1 is 1.32 bits per heavy atom. The monoisotopic (exact) mass is 282 g/mol.